The van der Waals surface area contributed by atoms with E-state index in [1.807, 2.05) is 35.2 Å². The number of thiocarbonyl (C=S) groups is 1. The molecule has 4 aromatic rings. The number of pyridine rings is 1. The number of nitrogens with zero attached hydrogens (tertiary/aromatic N) is 4. The summed E-state index contributed by atoms with van der Waals surface area (Å²) in [7, 11) is 0. The summed E-state index contributed by atoms with van der Waals surface area (Å²) in [5, 5.41) is 17.4. The molecule has 5 rings (SSSR count). The molecule has 0 saturated carbocycles. The van der Waals surface area contributed by atoms with Gasteiger partial charge in [-0.1, -0.05) is 12.1 Å². The van der Waals surface area contributed by atoms with Crippen molar-refractivity contribution >= 4 is 45.8 Å². The molecule has 2 aromatic carbocycles. The van der Waals surface area contributed by atoms with Crippen molar-refractivity contribution in [3.05, 3.63) is 82.0 Å². The Hall–Kier alpha value is -4.38. The summed E-state index contributed by atoms with van der Waals surface area (Å²) in [6.45, 7) is 1.92. The van der Waals surface area contributed by atoms with E-state index in [1.54, 1.807) is 24.4 Å². The van der Waals surface area contributed by atoms with Crippen molar-refractivity contribution in [2.75, 3.05) is 18.0 Å². The number of carbonyl (C=O) groups is 1. The van der Waals surface area contributed by atoms with Crippen molar-refractivity contribution in [1.29, 1.82) is 0 Å². The highest BCUT2D eigenvalue weighted by molar-refractivity contribution is 7.80. The SMILES string of the molecule is O=C(NC(=S)NCc1ccc(-c2nc3ncccc3o2)cc1)c1ccc(N2CCCCC2)c([N+](=O)[O-])c1. The molecule has 1 amide bonds. The third-order valence-corrected chi connectivity index (χ3v) is 6.42. The summed E-state index contributed by atoms with van der Waals surface area (Å²) in [4.78, 5) is 34.5. The first-order chi connectivity index (χ1) is 18.0. The Morgan fingerprint density at radius 3 is 2.62 bits per heavy atom. The van der Waals surface area contributed by atoms with Crippen LogP contribution in [0.25, 0.3) is 22.7 Å². The van der Waals surface area contributed by atoms with Crippen molar-refractivity contribution in [3.8, 4) is 11.5 Å². The standard InChI is InChI=1S/C26H24N6O4S/c33-24(19-10-11-20(21(15-19)32(34)35)31-13-2-1-3-14-31)30-26(37)28-16-17-6-8-18(9-7-17)25-29-23-22(36-25)5-4-12-27-23/h4-12,15H,1-3,13-14,16H2,(H2,28,30,33,37). The molecule has 3 heterocycles. The Labute approximate surface area is 217 Å². The van der Waals surface area contributed by atoms with Gasteiger partial charge in [-0.2, -0.15) is 4.98 Å². The van der Waals surface area contributed by atoms with Crippen LogP contribution in [0.5, 0.6) is 0 Å². The molecule has 10 nitrogen and oxygen atoms in total. The second kappa shape index (κ2) is 10.7. The number of oxazole rings is 1. The molecule has 1 aliphatic heterocycles. The summed E-state index contributed by atoms with van der Waals surface area (Å²) in [5.74, 6) is -0.0258. The van der Waals surface area contributed by atoms with Gasteiger partial charge < -0.3 is 14.6 Å². The van der Waals surface area contributed by atoms with E-state index >= 15 is 0 Å². The summed E-state index contributed by atoms with van der Waals surface area (Å²) in [6.07, 6.45) is 4.78. The highest BCUT2D eigenvalue weighted by atomic mass is 32.1. The number of rotatable bonds is 6. The topological polar surface area (TPSA) is 126 Å². The lowest BCUT2D eigenvalue weighted by Gasteiger charge is -2.28. The van der Waals surface area contributed by atoms with Crippen LogP contribution in [0.2, 0.25) is 0 Å². The van der Waals surface area contributed by atoms with Crippen LogP contribution < -0.4 is 15.5 Å². The number of hydrogen-bond acceptors (Lipinski definition) is 8. The number of aromatic nitrogens is 2. The molecule has 1 aliphatic rings. The third kappa shape index (κ3) is 5.56. The average molecular weight is 517 g/mol. The van der Waals surface area contributed by atoms with Crippen molar-refractivity contribution in [2.45, 2.75) is 25.8 Å². The summed E-state index contributed by atoms with van der Waals surface area (Å²) >= 11 is 5.26. The Balaban J connectivity index is 1.19. The summed E-state index contributed by atoms with van der Waals surface area (Å²) < 4.78 is 5.74. The quantitative estimate of drug-likeness (QED) is 0.215. The van der Waals surface area contributed by atoms with Crippen LogP contribution in [-0.4, -0.2) is 39.0 Å². The number of nitro benzene ring substituents is 1. The molecule has 37 heavy (non-hydrogen) atoms. The Morgan fingerprint density at radius 2 is 1.89 bits per heavy atom. The van der Waals surface area contributed by atoms with Gasteiger partial charge in [-0.3, -0.25) is 20.2 Å². The lowest BCUT2D eigenvalue weighted by atomic mass is 10.1. The van der Waals surface area contributed by atoms with E-state index in [2.05, 4.69) is 20.6 Å². The molecule has 1 saturated heterocycles. The van der Waals surface area contributed by atoms with Gasteiger partial charge in [0, 0.05) is 43.0 Å². The number of anilines is 1. The first-order valence-electron chi connectivity index (χ1n) is 11.9. The van der Waals surface area contributed by atoms with E-state index in [0.29, 0.717) is 29.4 Å². The normalized spacial score (nSPS) is 13.4. The number of amides is 1. The van der Waals surface area contributed by atoms with Crippen LogP contribution in [0.1, 0.15) is 35.2 Å². The fraction of sp³-hybridized carbons (Fsp3) is 0.231. The van der Waals surface area contributed by atoms with Gasteiger partial charge in [0.2, 0.25) is 5.89 Å². The average Bonchev–Trinajstić information content (AvgIpc) is 3.37. The van der Waals surface area contributed by atoms with Crippen LogP contribution in [0.3, 0.4) is 0 Å². The zero-order valence-corrected chi connectivity index (χ0v) is 20.7. The summed E-state index contributed by atoms with van der Waals surface area (Å²) in [6, 6.07) is 15.7. The first kappa shape index (κ1) is 24.3. The van der Waals surface area contributed by atoms with Gasteiger partial charge in [0.15, 0.2) is 16.3 Å². The first-order valence-corrected chi connectivity index (χ1v) is 12.3. The van der Waals surface area contributed by atoms with Gasteiger partial charge in [-0.05, 0) is 73.4 Å². The minimum atomic E-state index is -0.509. The van der Waals surface area contributed by atoms with Crippen LogP contribution in [-0.2, 0) is 6.54 Å². The molecular weight excluding hydrogens is 492 g/mol. The molecular formula is C26H24N6O4S. The molecule has 11 heteroatoms. The van der Waals surface area contributed by atoms with Gasteiger partial charge in [0.1, 0.15) is 5.69 Å². The second-order valence-electron chi connectivity index (χ2n) is 8.69. The van der Waals surface area contributed by atoms with E-state index in [9.17, 15) is 14.9 Å². The smallest absolute Gasteiger partial charge is 0.293 e. The van der Waals surface area contributed by atoms with E-state index in [1.165, 1.54) is 6.07 Å². The fourth-order valence-electron chi connectivity index (χ4n) is 4.27. The van der Waals surface area contributed by atoms with Gasteiger partial charge in [-0.15, -0.1) is 0 Å². The van der Waals surface area contributed by atoms with E-state index in [0.717, 1.165) is 43.5 Å². The van der Waals surface area contributed by atoms with E-state index in [-0.39, 0.29) is 16.4 Å². The number of carbonyl (C=O) groups excluding carboxylic acids is 1. The molecule has 0 bridgehead atoms. The maximum atomic E-state index is 12.7. The fourth-order valence-corrected chi connectivity index (χ4v) is 4.44. The maximum absolute atomic E-state index is 12.7. The van der Waals surface area contributed by atoms with E-state index in [4.69, 9.17) is 16.6 Å². The van der Waals surface area contributed by atoms with Crippen molar-refractivity contribution < 1.29 is 14.1 Å². The van der Waals surface area contributed by atoms with Gasteiger partial charge >= 0.3 is 0 Å². The minimum absolute atomic E-state index is 0.0803. The lowest BCUT2D eigenvalue weighted by Crippen LogP contribution is -2.38. The van der Waals surface area contributed by atoms with Crippen molar-refractivity contribution in [1.82, 2.24) is 20.6 Å². The predicted octanol–water partition coefficient (Wildman–Crippen LogP) is 4.59. The van der Waals surface area contributed by atoms with Crippen molar-refractivity contribution in [3.63, 3.8) is 0 Å². The van der Waals surface area contributed by atoms with Gasteiger partial charge in [-0.25, -0.2) is 4.98 Å². The van der Waals surface area contributed by atoms with Crippen LogP contribution in [0.15, 0.2) is 65.2 Å². The Bertz CT molecular complexity index is 1430. The predicted molar refractivity (Wildman–Crippen MR) is 143 cm³/mol. The molecule has 188 valence electrons. The molecule has 2 aromatic heterocycles. The number of nitrogens with one attached hydrogen (secondary N) is 2. The number of nitro groups is 1. The number of hydrogen-bond donors (Lipinski definition) is 2. The van der Waals surface area contributed by atoms with Gasteiger partial charge in [0.25, 0.3) is 11.6 Å². The molecule has 0 atom stereocenters. The highest BCUT2D eigenvalue weighted by Gasteiger charge is 2.23. The highest BCUT2D eigenvalue weighted by Crippen LogP contribution is 2.31. The van der Waals surface area contributed by atoms with Crippen LogP contribution >= 0.6 is 12.2 Å². The van der Waals surface area contributed by atoms with Crippen LogP contribution in [0.4, 0.5) is 11.4 Å². The van der Waals surface area contributed by atoms with Crippen molar-refractivity contribution in [2.24, 2.45) is 0 Å². The number of piperidine rings is 1. The monoisotopic (exact) mass is 516 g/mol. The Morgan fingerprint density at radius 1 is 1.11 bits per heavy atom. The van der Waals surface area contributed by atoms with Gasteiger partial charge in [0.05, 0.1) is 4.92 Å². The molecule has 0 radical (unpaired) electrons. The Kier molecular flexibility index (Phi) is 7.04. The molecule has 0 unspecified atom stereocenters. The van der Waals surface area contributed by atoms with E-state index < -0.39 is 10.8 Å². The lowest BCUT2D eigenvalue weighted by molar-refractivity contribution is -0.384. The minimum Gasteiger partial charge on any atom is -0.434 e. The molecule has 2 N–H and O–H groups in total. The summed E-state index contributed by atoms with van der Waals surface area (Å²) in [5.41, 5.74) is 3.55. The zero-order chi connectivity index (χ0) is 25.8. The largest absolute Gasteiger partial charge is 0.434 e. The maximum Gasteiger partial charge on any atom is 0.293 e. The second-order valence-corrected chi connectivity index (χ2v) is 9.09. The number of benzene rings is 2. The van der Waals surface area contributed by atoms with Crippen LogP contribution in [0, 0.1) is 10.1 Å². The number of fused-ring (bicyclic) bond motifs is 1. The molecule has 0 aliphatic carbocycles. The zero-order valence-electron chi connectivity index (χ0n) is 19.8. The third-order valence-electron chi connectivity index (χ3n) is 6.18. The molecule has 0 spiro atoms. The molecule has 1 fully saturated rings.